The highest BCUT2D eigenvalue weighted by atomic mass is 32.1. The van der Waals surface area contributed by atoms with E-state index in [4.69, 9.17) is 19.2 Å². The second kappa shape index (κ2) is 14.7. The van der Waals surface area contributed by atoms with Gasteiger partial charge in [-0.25, -0.2) is 14.2 Å². The van der Waals surface area contributed by atoms with E-state index in [1.165, 1.54) is 29.0 Å². The van der Waals surface area contributed by atoms with Gasteiger partial charge in [-0.2, -0.15) is 0 Å². The first-order valence-corrected chi connectivity index (χ1v) is 16.5. The molecule has 0 unspecified atom stereocenters. The molecule has 0 saturated carbocycles. The Bertz CT molecular complexity index is 1910. The number of fused-ring (bicyclic) bond motifs is 1. The maximum atomic E-state index is 14.2. The topological polar surface area (TPSA) is 79.1 Å². The maximum absolute atomic E-state index is 14.2. The number of esters is 1. The van der Waals surface area contributed by atoms with Crippen molar-refractivity contribution in [3.05, 3.63) is 126 Å². The van der Waals surface area contributed by atoms with Crippen molar-refractivity contribution in [3.63, 3.8) is 0 Å². The minimum atomic E-state index is -0.665. The van der Waals surface area contributed by atoms with Gasteiger partial charge >= 0.3 is 5.97 Å². The van der Waals surface area contributed by atoms with Gasteiger partial charge in [-0.15, -0.1) is 0 Å². The van der Waals surface area contributed by atoms with E-state index in [9.17, 15) is 14.0 Å². The highest BCUT2D eigenvalue weighted by Gasteiger charge is 2.34. The number of aromatic nitrogens is 1. The molecule has 7 nitrogen and oxygen atoms in total. The minimum absolute atomic E-state index is 0.219. The lowest BCUT2D eigenvalue weighted by Crippen LogP contribution is -2.40. The largest absolute Gasteiger partial charge is 0.490 e. The van der Waals surface area contributed by atoms with Crippen LogP contribution in [0.1, 0.15) is 81.7 Å². The summed E-state index contributed by atoms with van der Waals surface area (Å²) in [4.78, 5) is 33.0. The maximum Gasteiger partial charge on any atom is 0.338 e. The second-order valence-electron chi connectivity index (χ2n) is 11.3. The predicted molar refractivity (Wildman–Crippen MR) is 179 cm³/mol. The van der Waals surface area contributed by atoms with Crippen LogP contribution in [0.3, 0.4) is 0 Å². The first-order valence-electron chi connectivity index (χ1n) is 15.7. The Morgan fingerprint density at radius 3 is 2.37 bits per heavy atom. The zero-order chi connectivity index (χ0) is 32.8. The summed E-state index contributed by atoms with van der Waals surface area (Å²) in [5.74, 6) is 0.650. The lowest BCUT2D eigenvalue weighted by Gasteiger charge is -2.26. The Hall–Kier alpha value is -4.50. The van der Waals surface area contributed by atoms with Gasteiger partial charge in [-0.3, -0.25) is 9.36 Å². The summed E-state index contributed by atoms with van der Waals surface area (Å²) in [6.45, 7) is 10.8. The number of allylic oxidation sites excluding steroid dienone is 1. The number of ether oxygens (including phenoxy) is 3. The highest BCUT2D eigenvalue weighted by molar-refractivity contribution is 7.07. The number of benzene rings is 3. The molecule has 0 aliphatic carbocycles. The van der Waals surface area contributed by atoms with E-state index in [2.05, 4.69) is 13.8 Å². The molecule has 0 bridgehead atoms. The van der Waals surface area contributed by atoms with Crippen molar-refractivity contribution in [1.29, 1.82) is 0 Å². The summed E-state index contributed by atoms with van der Waals surface area (Å²) in [6.07, 6.45) is 3.17. The Balaban J connectivity index is 1.58. The van der Waals surface area contributed by atoms with Gasteiger partial charge in [0, 0.05) is 0 Å². The van der Waals surface area contributed by atoms with Crippen LogP contribution in [0, 0.1) is 5.82 Å². The molecule has 0 radical (unpaired) electrons. The average Bonchev–Trinajstić information content (AvgIpc) is 3.35. The van der Waals surface area contributed by atoms with Crippen LogP contribution in [0.5, 0.6) is 11.5 Å². The Kier molecular flexibility index (Phi) is 10.5. The number of hydrogen-bond donors (Lipinski definition) is 0. The normalized spacial score (nSPS) is 14.7. The number of hydrogen-bond acceptors (Lipinski definition) is 7. The number of carbonyl (C=O) groups excluding carboxylic acids is 1. The summed E-state index contributed by atoms with van der Waals surface area (Å²) in [6, 6.07) is 19.0. The molecule has 1 atom stereocenters. The van der Waals surface area contributed by atoms with Crippen LogP contribution in [0.25, 0.3) is 6.08 Å². The second-order valence-corrected chi connectivity index (χ2v) is 12.3. The standard InChI is InChI=1S/C37H39FN2O5S/c1-6-9-29-33(36(42)44-8-3)34(27-15-13-26(14-16-27)23(4)5)40-35(41)32(46-37(40)39-29)21-25-12-19-30(31(20-25)43-7-2)45-22-24-10-17-28(38)18-11-24/h10-21,23,34H,6-9,22H2,1-5H3/b32-21-/t34-/m0/s1. The SMILES string of the molecule is CCCC1=C(C(=O)OCC)[C@H](c2ccc(C(C)C)cc2)n2c(s/c(=C\c3ccc(OCc4ccc(F)cc4)c(OCC)c3)c2=O)=N1. The van der Waals surface area contributed by atoms with E-state index in [0.29, 0.717) is 51.0 Å². The van der Waals surface area contributed by atoms with E-state index >= 15 is 0 Å². The predicted octanol–water partition coefficient (Wildman–Crippen LogP) is 6.82. The molecule has 2 heterocycles. The van der Waals surface area contributed by atoms with Crippen molar-refractivity contribution in [2.24, 2.45) is 4.99 Å². The molecule has 240 valence electrons. The summed E-state index contributed by atoms with van der Waals surface area (Å²) in [5, 5.41) is 0. The molecular formula is C37H39FN2O5S. The zero-order valence-electron chi connectivity index (χ0n) is 26.8. The van der Waals surface area contributed by atoms with Gasteiger partial charge in [-0.05, 0) is 78.8 Å². The third kappa shape index (κ3) is 7.15. The monoisotopic (exact) mass is 642 g/mol. The molecule has 0 amide bonds. The first-order chi connectivity index (χ1) is 22.2. The van der Waals surface area contributed by atoms with Crippen LogP contribution in [-0.4, -0.2) is 23.8 Å². The molecule has 0 fully saturated rings. The Morgan fingerprint density at radius 2 is 1.72 bits per heavy atom. The van der Waals surface area contributed by atoms with Gasteiger partial charge in [0.1, 0.15) is 12.4 Å². The molecule has 1 aliphatic rings. The van der Waals surface area contributed by atoms with E-state index in [1.54, 1.807) is 29.7 Å². The molecule has 1 aromatic heterocycles. The van der Waals surface area contributed by atoms with Crippen molar-refractivity contribution < 1.29 is 23.4 Å². The number of rotatable bonds is 12. The molecule has 0 saturated heterocycles. The number of carbonyl (C=O) groups is 1. The zero-order valence-corrected chi connectivity index (χ0v) is 27.7. The summed E-state index contributed by atoms with van der Waals surface area (Å²) >= 11 is 1.29. The van der Waals surface area contributed by atoms with Gasteiger partial charge in [-0.1, -0.05) is 81.0 Å². The molecule has 9 heteroatoms. The highest BCUT2D eigenvalue weighted by Crippen LogP contribution is 2.34. The van der Waals surface area contributed by atoms with Crippen molar-refractivity contribution in [2.45, 2.75) is 66.0 Å². The number of nitrogens with zero attached hydrogens (tertiary/aromatic N) is 2. The average molecular weight is 643 g/mol. The third-order valence-electron chi connectivity index (χ3n) is 7.68. The van der Waals surface area contributed by atoms with Crippen molar-refractivity contribution >= 4 is 23.4 Å². The fourth-order valence-corrected chi connectivity index (χ4v) is 6.41. The number of halogens is 1. The van der Waals surface area contributed by atoms with Crippen molar-refractivity contribution in [1.82, 2.24) is 4.57 Å². The van der Waals surface area contributed by atoms with Gasteiger partial charge in [0.05, 0.1) is 35.1 Å². The van der Waals surface area contributed by atoms with E-state index in [0.717, 1.165) is 23.1 Å². The molecule has 0 N–H and O–H groups in total. The van der Waals surface area contributed by atoms with Gasteiger partial charge in [0.25, 0.3) is 5.56 Å². The van der Waals surface area contributed by atoms with Gasteiger partial charge in [0.15, 0.2) is 16.3 Å². The van der Waals surface area contributed by atoms with E-state index < -0.39 is 12.0 Å². The Labute approximate surface area is 272 Å². The smallest absolute Gasteiger partial charge is 0.338 e. The fraction of sp³-hybridized carbons (Fsp3) is 0.324. The molecule has 5 rings (SSSR count). The fourth-order valence-electron chi connectivity index (χ4n) is 5.39. The van der Waals surface area contributed by atoms with Crippen molar-refractivity contribution in [3.8, 4) is 11.5 Å². The van der Waals surface area contributed by atoms with Crippen LogP contribution in [0.15, 0.2) is 87.8 Å². The minimum Gasteiger partial charge on any atom is -0.490 e. The van der Waals surface area contributed by atoms with Crippen LogP contribution in [-0.2, 0) is 16.1 Å². The lowest BCUT2D eigenvalue weighted by molar-refractivity contribution is -0.139. The lowest BCUT2D eigenvalue weighted by atomic mass is 9.92. The van der Waals surface area contributed by atoms with Crippen molar-refractivity contribution in [2.75, 3.05) is 13.2 Å². The molecule has 0 spiro atoms. The summed E-state index contributed by atoms with van der Waals surface area (Å²) in [7, 11) is 0. The van der Waals surface area contributed by atoms with Crippen LogP contribution in [0.4, 0.5) is 4.39 Å². The summed E-state index contributed by atoms with van der Waals surface area (Å²) < 4.78 is 32.8. The Morgan fingerprint density at radius 1 is 0.978 bits per heavy atom. The third-order valence-corrected chi connectivity index (χ3v) is 8.67. The molecule has 4 aromatic rings. The van der Waals surface area contributed by atoms with E-state index in [-0.39, 0.29) is 24.6 Å². The summed E-state index contributed by atoms with van der Waals surface area (Å²) in [5.41, 5.74) is 4.38. The molecular weight excluding hydrogens is 603 g/mol. The number of thiazole rings is 1. The van der Waals surface area contributed by atoms with E-state index in [1.807, 2.05) is 56.3 Å². The van der Waals surface area contributed by atoms with Gasteiger partial charge < -0.3 is 14.2 Å². The first kappa shape index (κ1) is 32.9. The van der Waals surface area contributed by atoms with Crippen LogP contribution in [0.2, 0.25) is 0 Å². The quantitative estimate of drug-likeness (QED) is 0.159. The molecule has 1 aliphatic heterocycles. The molecule has 46 heavy (non-hydrogen) atoms. The van der Waals surface area contributed by atoms with Gasteiger partial charge in [0.2, 0.25) is 0 Å². The van der Waals surface area contributed by atoms with Crippen LogP contribution >= 0.6 is 11.3 Å². The van der Waals surface area contributed by atoms with Crippen LogP contribution < -0.4 is 24.4 Å². The molecule has 3 aromatic carbocycles.